The Bertz CT molecular complexity index is 1370. The van der Waals surface area contributed by atoms with E-state index in [-0.39, 0.29) is 16.7 Å². The molecule has 2 aromatic carbocycles. The summed E-state index contributed by atoms with van der Waals surface area (Å²) in [5.41, 5.74) is 4.46. The lowest BCUT2D eigenvalue weighted by Gasteiger charge is -2.16. The second kappa shape index (κ2) is 18.0. The van der Waals surface area contributed by atoms with Crippen LogP contribution in [0.1, 0.15) is 50.3 Å². The molecule has 10 nitrogen and oxygen atoms in total. The van der Waals surface area contributed by atoms with Gasteiger partial charge in [-0.15, -0.1) is 0 Å². The molecule has 11 heteroatoms. The molecule has 2 heterocycles. The van der Waals surface area contributed by atoms with E-state index in [1.165, 1.54) is 44.6 Å². The Kier molecular flexibility index (Phi) is 14.8. The van der Waals surface area contributed by atoms with Gasteiger partial charge >= 0.3 is 12.0 Å². The normalized spacial score (nSPS) is 16.3. The van der Waals surface area contributed by atoms with Crippen LogP contribution >= 0.6 is 0 Å². The molecular weight excluding hydrogens is 570 g/mol. The van der Waals surface area contributed by atoms with E-state index >= 15 is 0 Å². The summed E-state index contributed by atoms with van der Waals surface area (Å²) in [4.78, 5) is 30.0. The number of anilines is 1. The molecule has 0 bridgehead atoms. The van der Waals surface area contributed by atoms with Crippen LogP contribution in [-0.4, -0.2) is 46.3 Å². The maximum atomic E-state index is 12.8. The monoisotopic (exact) mass is 613 g/mol. The lowest BCUT2D eigenvalue weighted by molar-refractivity contribution is -0.252. The highest BCUT2D eigenvalue weighted by atomic mass is 32.2. The standard InChI is InChI=1S/C24H27N3O3S.C5H10O.C3H6O3/c1-4-6-19(5-2)17(3)26-24(28)27-22-9-11-23(12-10-22)31(29,30)16-18-7-8-20-14-25-15-21(20)13-18;1-5-3-2-4-6-5;1-3(4)6-5-2/h4-13,17,25H,1-2,14-16H2,3H3,(H2,26,27,28);5H,2-4H2,1H3;1-2H3/b19-6+;;. The molecule has 2 amide bonds. The Morgan fingerprint density at radius 1 is 1.14 bits per heavy atom. The van der Waals surface area contributed by atoms with Crippen LogP contribution in [0.4, 0.5) is 10.5 Å². The Balaban J connectivity index is 0.000000447. The quantitative estimate of drug-likeness (QED) is 0.195. The number of nitrogens with one attached hydrogen (secondary N) is 3. The van der Waals surface area contributed by atoms with Crippen molar-refractivity contribution in [2.45, 2.75) is 69.5 Å². The van der Waals surface area contributed by atoms with E-state index in [1.807, 2.05) is 25.1 Å². The number of hydrogen-bond acceptors (Lipinski definition) is 8. The number of benzene rings is 2. The minimum atomic E-state index is -3.49. The summed E-state index contributed by atoms with van der Waals surface area (Å²) >= 11 is 0. The molecule has 1 saturated heterocycles. The first-order valence-corrected chi connectivity index (χ1v) is 15.6. The van der Waals surface area contributed by atoms with Crippen molar-refractivity contribution in [1.29, 1.82) is 0 Å². The number of rotatable bonds is 9. The highest BCUT2D eigenvalue weighted by Gasteiger charge is 2.18. The van der Waals surface area contributed by atoms with E-state index in [9.17, 15) is 18.0 Å². The zero-order valence-corrected chi connectivity index (χ0v) is 26.2. The van der Waals surface area contributed by atoms with Crippen molar-refractivity contribution in [3.05, 3.63) is 96.1 Å². The molecule has 2 aliphatic rings. The van der Waals surface area contributed by atoms with Gasteiger partial charge in [0.1, 0.15) is 0 Å². The largest absolute Gasteiger partial charge is 0.379 e. The van der Waals surface area contributed by atoms with Crippen molar-refractivity contribution >= 4 is 27.5 Å². The number of allylic oxidation sites excluding steroid dienone is 2. The first kappa shape index (κ1) is 35.4. The fraction of sp³-hybridized carbons (Fsp3) is 0.375. The number of hydrogen-bond donors (Lipinski definition) is 3. The molecule has 0 spiro atoms. The maximum Gasteiger partial charge on any atom is 0.339 e. The van der Waals surface area contributed by atoms with Crippen LogP contribution in [0.15, 0.2) is 84.3 Å². The van der Waals surface area contributed by atoms with Crippen molar-refractivity contribution in [2.75, 3.05) is 19.0 Å². The van der Waals surface area contributed by atoms with Crippen LogP contribution in [-0.2, 0) is 48.0 Å². The second-order valence-corrected chi connectivity index (χ2v) is 12.0. The van der Waals surface area contributed by atoms with Gasteiger partial charge in [-0.3, -0.25) is 4.89 Å². The van der Waals surface area contributed by atoms with Crippen LogP contribution in [0.3, 0.4) is 0 Å². The third kappa shape index (κ3) is 12.6. The van der Waals surface area contributed by atoms with E-state index in [1.54, 1.807) is 30.4 Å². The highest BCUT2D eigenvalue weighted by molar-refractivity contribution is 7.90. The summed E-state index contributed by atoms with van der Waals surface area (Å²) in [5.74, 6) is -0.497. The van der Waals surface area contributed by atoms with Gasteiger partial charge in [-0.25, -0.2) is 18.0 Å². The fourth-order valence-electron chi connectivity index (χ4n) is 4.31. The Labute approximate surface area is 255 Å². The van der Waals surface area contributed by atoms with Crippen LogP contribution in [0.2, 0.25) is 0 Å². The van der Waals surface area contributed by atoms with Gasteiger partial charge in [-0.2, -0.15) is 4.89 Å². The third-order valence-electron chi connectivity index (χ3n) is 6.48. The zero-order valence-electron chi connectivity index (χ0n) is 25.4. The van der Waals surface area contributed by atoms with Crippen molar-refractivity contribution in [3.8, 4) is 0 Å². The molecule has 2 aromatic rings. The minimum absolute atomic E-state index is 0.0645. The molecule has 4 rings (SSSR count). The Morgan fingerprint density at radius 3 is 2.35 bits per heavy atom. The summed E-state index contributed by atoms with van der Waals surface area (Å²) in [7, 11) is -2.21. The SMILES string of the molecule is C=C/C=C(\C=C)C(C)NC(=O)Nc1ccc(S(=O)(=O)Cc2ccc3c(c2)CNC3)cc1.CC1CCCO1.COOC(C)=O. The molecule has 2 atom stereocenters. The highest BCUT2D eigenvalue weighted by Crippen LogP contribution is 2.22. The van der Waals surface area contributed by atoms with Crippen molar-refractivity contribution in [3.63, 3.8) is 0 Å². The van der Waals surface area contributed by atoms with Crippen LogP contribution < -0.4 is 16.0 Å². The van der Waals surface area contributed by atoms with Gasteiger partial charge in [0.05, 0.1) is 29.9 Å². The van der Waals surface area contributed by atoms with Gasteiger partial charge in [-0.1, -0.05) is 49.6 Å². The predicted octanol–water partition coefficient (Wildman–Crippen LogP) is 5.37. The van der Waals surface area contributed by atoms with E-state index < -0.39 is 21.8 Å². The zero-order chi connectivity index (χ0) is 31.8. The number of urea groups is 1. The van der Waals surface area contributed by atoms with Gasteiger partial charge < -0.3 is 20.7 Å². The lowest BCUT2D eigenvalue weighted by atomic mass is 10.1. The summed E-state index contributed by atoms with van der Waals surface area (Å²) in [6.07, 6.45) is 8.14. The predicted molar refractivity (Wildman–Crippen MR) is 168 cm³/mol. The van der Waals surface area contributed by atoms with Crippen molar-refractivity contribution < 1.29 is 32.5 Å². The molecule has 1 fully saturated rings. The second-order valence-electron chi connectivity index (χ2n) is 9.98. The number of amides is 2. The van der Waals surface area contributed by atoms with E-state index in [0.29, 0.717) is 11.8 Å². The summed E-state index contributed by atoms with van der Waals surface area (Å²) in [5, 5.41) is 8.77. The maximum absolute atomic E-state index is 12.8. The fourth-order valence-corrected chi connectivity index (χ4v) is 5.65. The molecule has 234 valence electrons. The summed E-state index contributed by atoms with van der Waals surface area (Å²) in [6, 6.07) is 11.3. The molecule has 0 aliphatic carbocycles. The molecule has 0 radical (unpaired) electrons. The average Bonchev–Trinajstić information content (AvgIpc) is 3.63. The number of fused-ring (bicyclic) bond motifs is 1. The first-order chi connectivity index (χ1) is 20.5. The van der Waals surface area contributed by atoms with Gasteiger partial charge in [0.2, 0.25) is 0 Å². The van der Waals surface area contributed by atoms with E-state index in [4.69, 9.17) is 4.74 Å². The lowest BCUT2D eigenvalue weighted by Crippen LogP contribution is -2.36. The van der Waals surface area contributed by atoms with Crippen LogP contribution in [0, 0.1) is 0 Å². The Morgan fingerprint density at radius 2 is 1.84 bits per heavy atom. The van der Waals surface area contributed by atoms with Crippen molar-refractivity contribution in [1.82, 2.24) is 10.6 Å². The summed E-state index contributed by atoms with van der Waals surface area (Å²) < 4.78 is 30.8. The summed E-state index contributed by atoms with van der Waals surface area (Å²) in [6.45, 7) is 15.2. The number of sulfone groups is 1. The molecule has 3 N–H and O–H groups in total. The number of ether oxygens (including phenoxy) is 1. The number of carbonyl (C=O) groups is 2. The Hall–Kier alpha value is -3.77. The molecule has 0 saturated carbocycles. The average molecular weight is 614 g/mol. The van der Waals surface area contributed by atoms with Gasteiger partial charge in [0.25, 0.3) is 0 Å². The van der Waals surface area contributed by atoms with E-state index in [2.05, 4.69) is 45.8 Å². The molecular formula is C32H43N3O7S. The van der Waals surface area contributed by atoms with Crippen LogP contribution in [0.5, 0.6) is 0 Å². The molecule has 43 heavy (non-hydrogen) atoms. The molecule has 2 aliphatic heterocycles. The minimum Gasteiger partial charge on any atom is -0.379 e. The van der Waals surface area contributed by atoms with Crippen LogP contribution in [0.25, 0.3) is 0 Å². The smallest absolute Gasteiger partial charge is 0.339 e. The number of carbonyl (C=O) groups excluding carboxylic acids is 2. The van der Waals surface area contributed by atoms with Crippen molar-refractivity contribution in [2.24, 2.45) is 0 Å². The van der Waals surface area contributed by atoms with Gasteiger partial charge in [-0.05, 0) is 73.2 Å². The van der Waals surface area contributed by atoms with E-state index in [0.717, 1.165) is 36.4 Å². The van der Waals surface area contributed by atoms with Gasteiger partial charge in [0.15, 0.2) is 9.84 Å². The van der Waals surface area contributed by atoms with Gasteiger partial charge in [0, 0.05) is 32.3 Å². The first-order valence-electron chi connectivity index (χ1n) is 14.0. The topological polar surface area (TPSA) is 132 Å². The molecule has 0 aromatic heterocycles. The third-order valence-corrected chi connectivity index (χ3v) is 8.18. The molecule has 2 unspecified atom stereocenters.